The minimum Gasteiger partial charge on any atom is -0.373 e. The first kappa shape index (κ1) is 19.5. The second-order valence-electron chi connectivity index (χ2n) is 7.41. The lowest BCUT2D eigenvalue weighted by molar-refractivity contribution is -0.130. The average molecular weight is 372 g/mol. The van der Waals surface area contributed by atoms with Crippen molar-refractivity contribution in [2.75, 3.05) is 20.1 Å². The van der Waals surface area contributed by atoms with E-state index in [-0.39, 0.29) is 24.0 Å². The summed E-state index contributed by atoms with van der Waals surface area (Å²) in [4.78, 5) is 26.1. The number of hydrogen-bond donors (Lipinski definition) is 1. The highest BCUT2D eigenvalue weighted by Crippen LogP contribution is 2.15. The molecule has 0 radical (unpaired) electrons. The van der Waals surface area contributed by atoms with Crippen LogP contribution in [0.15, 0.2) is 29.4 Å². The van der Waals surface area contributed by atoms with Crippen LogP contribution in [-0.2, 0) is 27.4 Å². The zero-order valence-corrected chi connectivity index (χ0v) is 16.3. The second-order valence-corrected chi connectivity index (χ2v) is 7.41. The predicted molar refractivity (Wildman–Crippen MR) is 103 cm³/mol. The van der Waals surface area contributed by atoms with Gasteiger partial charge < -0.3 is 10.1 Å². The van der Waals surface area contributed by atoms with Crippen LogP contribution in [0, 0.1) is 0 Å². The summed E-state index contributed by atoms with van der Waals surface area (Å²) in [5, 5.41) is 8.16. The highest BCUT2D eigenvalue weighted by atomic mass is 16.5. The maximum Gasteiger partial charge on any atom is 0.267 e. The van der Waals surface area contributed by atoms with Crippen LogP contribution in [0.2, 0.25) is 0 Å². The summed E-state index contributed by atoms with van der Waals surface area (Å²) < 4.78 is 5.78. The molecule has 2 unspecified atom stereocenters. The molecule has 0 aliphatic carbocycles. The van der Waals surface area contributed by atoms with Gasteiger partial charge in [0.1, 0.15) is 5.71 Å². The van der Waals surface area contributed by atoms with Gasteiger partial charge in [0.15, 0.2) is 0 Å². The van der Waals surface area contributed by atoms with Gasteiger partial charge in [-0.3, -0.25) is 14.5 Å². The Balaban J connectivity index is 1.50. The Hall–Kier alpha value is -2.25. The van der Waals surface area contributed by atoms with Gasteiger partial charge in [0, 0.05) is 46.1 Å². The molecule has 2 aliphatic heterocycles. The van der Waals surface area contributed by atoms with Gasteiger partial charge in [-0.2, -0.15) is 5.10 Å². The van der Waals surface area contributed by atoms with E-state index in [0.717, 1.165) is 25.2 Å². The first-order chi connectivity index (χ1) is 12.9. The lowest BCUT2D eigenvalue weighted by atomic mass is 10.1. The minimum atomic E-state index is -0.213. The Kier molecular flexibility index (Phi) is 6.23. The van der Waals surface area contributed by atoms with Crippen molar-refractivity contribution in [3.63, 3.8) is 0 Å². The lowest BCUT2D eigenvalue weighted by Gasteiger charge is -2.35. The van der Waals surface area contributed by atoms with Crippen molar-refractivity contribution < 1.29 is 14.3 Å². The molecule has 2 atom stereocenters. The topological polar surface area (TPSA) is 74.2 Å². The standard InChI is InChI=1S/C20H28N4O3/c1-14-11-24(12-15(2)27-14)13-17-6-4-16(5-7-17)10-21-20(26)18-8-9-19(25)23(3)22-18/h4-7,14-15H,8-13H2,1-3H3,(H,21,26). The Morgan fingerprint density at radius 2 is 1.78 bits per heavy atom. The first-order valence-electron chi connectivity index (χ1n) is 9.48. The third-order valence-electron chi connectivity index (χ3n) is 4.85. The van der Waals surface area contributed by atoms with E-state index in [2.05, 4.69) is 41.3 Å². The van der Waals surface area contributed by atoms with Crippen LogP contribution >= 0.6 is 0 Å². The molecule has 2 aliphatic rings. The van der Waals surface area contributed by atoms with E-state index in [1.165, 1.54) is 10.6 Å². The van der Waals surface area contributed by atoms with Crippen LogP contribution in [0.5, 0.6) is 0 Å². The molecule has 2 heterocycles. The summed E-state index contributed by atoms with van der Waals surface area (Å²) in [5.74, 6) is -0.277. The van der Waals surface area contributed by atoms with Crippen molar-refractivity contribution in [2.24, 2.45) is 5.10 Å². The number of hydrogen-bond acceptors (Lipinski definition) is 5. The highest BCUT2D eigenvalue weighted by molar-refractivity contribution is 6.39. The predicted octanol–water partition coefficient (Wildman–Crippen LogP) is 1.52. The molecule has 0 aromatic heterocycles. The summed E-state index contributed by atoms with van der Waals surface area (Å²) in [6.07, 6.45) is 1.25. The van der Waals surface area contributed by atoms with E-state index < -0.39 is 0 Å². The lowest BCUT2D eigenvalue weighted by Crippen LogP contribution is -2.44. The third-order valence-corrected chi connectivity index (χ3v) is 4.85. The van der Waals surface area contributed by atoms with Crippen molar-refractivity contribution in [2.45, 2.75) is 52.0 Å². The number of carbonyl (C=O) groups is 2. The monoisotopic (exact) mass is 372 g/mol. The van der Waals surface area contributed by atoms with Gasteiger partial charge in [0.25, 0.3) is 5.91 Å². The van der Waals surface area contributed by atoms with Gasteiger partial charge in [-0.05, 0) is 25.0 Å². The zero-order valence-electron chi connectivity index (χ0n) is 16.3. The van der Waals surface area contributed by atoms with Gasteiger partial charge in [-0.25, -0.2) is 5.01 Å². The Morgan fingerprint density at radius 1 is 1.15 bits per heavy atom. The van der Waals surface area contributed by atoms with Crippen LogP contribution in [0.4, 0.5) is 0 Å². The van der Waals surface area contributed by atoms with Crippen LogP contribution in [-0.4, -0.2) is 59.8 Å². The fourth-order valence-corrected chi connectivity index (χ4v) is 3.55. The number of carbonyl (C=O) groups excluding carboxylic acids is 2. The van der Waals surface area contributed by atoms with Crippen molar-refractivity contribution in [1.29, 1.82) is 0 Å². The Bertz CT molecular complexity index is 706. The molecule has 27 heavy (non-hydrogen) atoms. The molecule has 1 fully saturated rings. The van der Waals surface area contributed by atoms with E-state index in [1.807, 2.05) is 12.1 Å². The normalized spacial score (nSPS) is 23.9. The van der Waals surface area contributed by atoms with E-state index in [4.69, 9.17) is 4.74 Å². The minimum absolute atomic E-state index is 0.0637. The maximum absolute atomic E-state index is 12.2. The molecule has 146 valence electrons. The van der Waals surface area contributed by atoms with Gasteiger partial charge in [0.05, 0.1) is 12.2 Å². The van der Waals surface area contributed by atoms with E-state index >= 15 is 0 Å². The molecule has 0 bridgehead atoms. The largest absolute Gasteiger partial charge is 0.373 e. The number of nitrogens with one attached hydrogen (secondary N) is 1. The van der Waals surface area contributed by atoms with Crippen molar-refractivity contribution in [1.82, 2.24) is 15.2 Å². The highest BCUT2D eigenvalue weighted by Gasteiger charge is 2.23. The van der Waals surface area contributed by atoms with Crippen molar-refractivity contribution in [3.8, 4) is 0 Å². The molecule has 7 heteroatoms. The van der Waals surface area contributed by atoms with Crippen molar-refractivity contribution >= 4 is 17.5 Å². The van der Waals surface area contributed by atoms with Crippen LogP contribution in [0.25, 0.3) is 0 Å². The average Bonchev–Trinajstić information content (AvgIpc) is 2.62. The van der Waals surface area contributed by atoms with Gasteiger partial charge in [-0.1, -0.05) is 24.3 Å². The molecule has 1 N–H and O–H groups in total. The number of hydrazone groups is 1. The molecular formula is C20H28N4O3. The number of ether oxygens (including phenoxy) is 1. The smallest absolute Gasteiger partial charge is 0.267 e. The summed E-state index contributed by atoms with van der Waals surface area (Å²) in [6, 6.07) is 8.30. The van der Waals surface area contributed by atoms with Gasteiger partial charge in [0.2, 0.25) is 5.91 Å². The fraction of sp³-hybridized carbons (Fsp3) is 0.550. The number of benzene rings is 1. The first-order valence-corrected chi connectivity index (χ1v) is 9.48. The number of morpholine rings is 1. The summed E-state index contributed by atoms with van der Waals surface area (Å²) >= 11 is 0. The zero-order chi connectivity index (χ0) is 19.4. The van der Waals surface area contributed by atoms with Crippen LogP contribution in [0.1, 0.15) is 37.8 Å². The molecule has 2 amide bonds. The quantitative estimate of drug-likeness (QED) is 0.850. The number of rotatable bonds is 5. The van der Waals surface area contributed by atoms with Crippen LogP contribution < -0.4 is 5.32 Å². The van der Waals surface area contributed by atoms with Gasteiger partial charge >= 0.3 is 0 Å². The third kappa shape index (κ3) is 5.37. The Labute approximate surface area is 160 Å². The second kappa shape index (κ2) is 8.63. The molecule has 1 aromatic carbocycles. The molecule has 1 aromatic rings. The van der Waals surface area contributed by atoms with E-state index in [0.29, 0.717) is 25.1 Å². The number of nitrogens with zero attached hydrogens (tertiary/aromatic N) is 3. The van der Waals surface area contributed by atoms with Crippen LogP contribution in [0.3, 0.4) is 0 Å². The molecular weight excluding hydrogens is 344 g/mol. The van der Waals surface area contributed by atoms with Gasteiger partial charge in [-0.15, -0.1) is 0 Å². The molecule has 0 spiro atoms. The maximum atomic E-state index is 12.2. The summed E-state index contributed by atoms with van der Waals surface area (Å²) in [5.41, 5.74) is 2.70. The summed E-state index contributed by atoms with van der Waals surface area (Å²) in [7, 11) is 1.57. The van der Waals surface area contributed by atoms with E-state index in [9.17, 15) is 9.59 Å². The van der Waals surface area contributed by atoms with Crippen molar-refractivity contribution in [3.05, 3.63) is 35.4 Å². The molecule has 3 rings (SSSR count). The molecule has 0 saturated carbocycles. The molecule has 7 nitrogen and oxygen atoms in total. The molecule has 1 saturated heterocycles. The number of amides is 2. The van der Waals surface area contributed by atoms with E-state index in [1.54, 1.807) is 7.05 Å². The summed E-state index contributed by atoms with van der Waals surface area (Å²) in [6.45, 7) is 7.46. The fourth-order valence-electron chi connectivity index (χ4n) is 3.55. The Morgan fingerprint density at radius 3 is 2.41 bits per heavy atom. The SMILES string of the molecule is CC1CN(Cc2ccc(CNC(=O)C3=NN(C)C(=O)CC3)cc2)CC(C)O1.